The van der Waals surface area contributed by atoms with Crippen LogP contribution in [0.3, 0.4) is 0 Å². The highest BCUT2D eigenvalue weighted by atomic mass is 35.5. The summed E-state index contributed by atoms with van der Waals surface area (Å²) in [6, 6.07) is 7.68. The van der Waals surface area contributed by atoms with Crippen molar-refractivity contribution in [2.45, 2.75) is 33.4 Å². The molecule has 1 heterocycles. The van der Waals surface area contributed by atoms with Crippen LogP contribution in [0.2, 0.25) is 5.02 Å². The molecule has 0 aliphatic rings. The van der Waals surface area contributed by atoms with E-state index >= 15 is 0 Å². The minimum atomic E-state index is -0.0668. The minimum absolute atomic E-state index is 0.0668. The van der Waals surface area contributed by atoms with Crippen LogP contribution in [0.15, 0.2) is 24.3 Å². The van der Waals surface area contributed by atoms with Crippen molar-refractivity contribution >= 4 is 11.6 Å². The number of aliphatic hydroxyl groups excluding tert-OH is 1. The largest absolute Gasteiger partial charge is 0.390 e. The van der Waals surface area contributed by atoms with Crippen LogP contribution in [-0.4, -0.2) is 20.1 Å². The fourth-order valence-corrected chi connectivity index (χ4v) is 2.12. The number of rotatable bonds is 5. The Balaban J connectivity index is 2.24. The van der Waals surface area contributed by atoms with Crippen LogP contribution in [0.4, 0.5) is 0 Å². The Morgan fingerprint density at radius 1 is 1.26 bits per heavy atom. The topological polar surface area (TPSA) is 50.9 Å². The van der Waals surface area contributed by atoms with Crippen LogP contribution in [0.25, 0.3) is 0 Å². The van der Waals surface area contributed by atoms with Gasteiger partial charge in [-0.25, -0.2) is 4.68 Å². The van der Waals surface area contributed by atoms with Gasteiger partial charge in [0.15, 0.2) is 0 Å². The highest BCUT2D eigenvalue weighted by Crippen LogP contribution is 2.15. The van der Waals surface area contributed by atoms with Gasteiger partial charge in [-0.2, -0.15) is 0 Å². The number of benzene rings is 1. The van der Waals surface area contributed by atoms with Crippen LogP contribution in [0.1, 0.15) is 30.8 Å². The van der Waals surface area contributed by atoms with Crippen molar-refractivity contribution in [1.29, 1.82) is 0 Å². The number of hydrogen-bond donors (Lipinski definition) is 1. The number of nitrogens with zero attached hydrogens (tertiary/aromatic N) is 3. The molecule has 1 aromatic heterocycles. The molecule has 2 aromatic rings. The molecule has 0 unspecified atom stereocenters. The molecule has 0 bridgehead atoms. The molecule has 0 spiro atoms. The molecule has 19 heavy (non-hydrogen) atoms. The lowest BCUT2D eigenvalue weighted by Crippen LogP contribution is -2.10. The van der Waals surface area contributed by atoms with E-state index in [4.69, 9.17) is 11.6 Å². The van der Waals surface area contributed by atoms with Crippen LogP contribution in [0.5, 0.6) is 0 Å². The first-order valence-corrected chi connectivity index (χ1v) is 6.74. The van der Waals surface area contributed by atoms with E-state index in [1.807, 2.05) is 28.9 Å². The summed E-state index contributed by atoms with van der Waals surface area (Å²) < 4.78 is 1.86. The third-order valence-electron chi connectivity index (χ3n) is 2.92. The van der Waals surface area contributed by atoms with Crippen LogP contribution >= 0.6 is 11.6 Å². The first kappa shape index (κ1) is 14.0. The summed E-state index contributed by atoms with van der Waals surface area (Å²) in [5.41, 5.74) is 2.79. The summed E-state index contributed by atoms with van der Waals surface area (Å²) in [5.74, 6) is 0.493. The van der Waals surface area contributed by atoms with Gasteiger partial charge in [0, 0.05) is 5.02 Å². The van der Waals surface area contributed by atoms with Gasteiger partial charge in [0.2, 0.25) is 0 Å². The first-order valence-electron chi connectivity index (χ1n) is 6.36. The average Bonchev–Trinajstić information content (AvgIpc) is 2.74. The van der Waals surface area contributed by atoms with Gasteiger partial charge in [0.05, 0.1) is 18.8 Å². The Hall–Kier alpha value is -1.39. The van der Waals surface area contributed by atoms with Gasteiger partial charge >= 0.3 is 0 Å². The molecule has 102 valence electrons. The van der Waals surface area contributed by atoms with E-state index < -0.39 is 0 Å². The maximum absolute atomic E-state index is 9.31. The molecule has 1 aromatic carbocycles. The molecular weight excluding hydrogens is 262 g/mol. The highest BCUT2D eigenvalue weighted by molar-refractivity contribution is 6.30. The molecule has 0 amide bonds. The second-order valence-electron chi connectivity index (χ2n) is 5.02. The lowest BCUT2D eigenvalue weighted by Gasteiger charge is -2.10. The van der Waals surface area contributed by atoms with E-state index in [0.29, 0.717) is 18.2 Å². The van der Waals surface area contributed by atoms with E-state index in [1.165, 1.54) is 0 Å². The molecule has 1 N–H and O–H groups in total. The molecule has 0 radical (unpaired) electrons. The fraction of sp³-hybridized carbons (Fsp3) is 0.429. The Morgan fingerprint density at radius 2 is 1.95 bits per heavy atom. The van der Waals surface area contributed by atoms with E-state index in [1.54, 1.807) is 0 Å². The molecule has 0 aliphatic heterocycles. The fourth-order valence-electron chi connectivity index (χ4n) is 1.99. The van der Waals surface area contributed by atoms with Gasteiger partial charge in [0.25, 0.3) is 0 Å². The predicted molar refractivity (Wildman–Crippen MR) is 75.0 cm³/mol. The third-order valence-corrected chi connectivity index (χ3v) is 3.17. The Labute approximate surface area is 118 Å². The van der Waals surface area contributed by atoms with Crippen molar-refractivity contribution in [2.24, 2.45) is 5.92 Å². The second kappa shape index (κ2) is 6.17. The van der Waals surface area contributed by atoms with Gasteiger partial charge in [-0.05, 0) is 30.0 Å². The van der Waals surface area contributed by atoms with Crippen molar-refractivity contribution in [2.75, 3.05) is 0 Å². The van der Waals surface area contributed by atoms with Crippen molar-refractivity contribution in [1.82, 2.24) is 15.0 Å². The molecule has 0 saturated heterocycles. The van der Waals surface area contributed by atoms with Crippen molar-refractivity contribution in [3.05, 3.63) is 46.2 Å². The summed E-state index contributed by atoms with van der Waals surface area (Å²) in [5, 5.41) is 18.2. The lowest BCUT2D eigenvalue weighted by molar-refractivity contribution is 0.275. The average molecular weight is 280 g/mol. The maximum atomic E-state index is 9.31. The molecule has 0 aliphatic carbocycles. The SMILES string of the molecule is CC(C)Cc1c(CO)nnn1Cc1ccc(Cl)cc1. The standard InChI is InChI=1S/C14H18ClN3O/c1-10(2)7-14-13(9-19)16-17-18(14)8-11-3-5-12(15)6-4-11/h3-6,10,19H,7-9H2,1-2H3. The van der Waals surface area contributed by atoms with Crippen LogP contribution < -0.4 is 0 Å². The van der Waals surface area contributed by atoms with Crippen molar-refractivity contribution < 1.29 is 5.11 Å². The van der Waals surface area contributed by atoms with Gasteiger partial charge in [0.1, 0.15) is 5.69 Å². The van der Waals surface area contributed by atoms with Crippen LogP contribution in [0, 0.1) is 5.92 Å². The Bertz CT molecular complexity index is 534. The van der Waals surface area contributed by atoms with Gasteiger partial charge in [-0.1, -0.05) is 42.8 Å². The van der Waals surface area contributed by atoms with E-state index in [-0.39, 0.29) is 6.61 Å². The van der Waals surface area contributed by atoms with E-state index in [2.05, 4.69) is 24.2 Å². The molecular formula is C14H18ClN3O. The Kier molecular flexibility index (Phi) is 4.56. The van der Waals surface area contributed by atoms with Gasteiger partial charge in [-0.3, -0.25) is 0 Å². The first-order chi connectivity index (χ1) is 9.10. The quantitative estimate of drug-likeness (QED) is 0.915. The van der Waals surface area contributed by atoms with E-state index in [9.17, 15) is 5.11 Å². The molecule has 0 saturated carbocycles. The molecule has 0 atom stereocenters. The predicted octanol–water partition coefficient (Wildman–Crippen LogP) is 2.67. The third kappa shape index (κ3) is 3.55. The number of hydrogen-bond acceptors (Lipinski definition) is 3. The second-order valence-corrected chi connectivity index (χ2v) is 5.46. The smallest absolute Gasteiger partial charge is 0.111 e. The minimum Gasteiger partial charge on any atom is -0.390 e. The summed E-state index contributed by atoms with van der Waals surface area (Å²) in [4.78, 5) is 0. The van der Waals surface area contributed by atoms with Crippen molar-refractivity contribution in [3.8, 4) is 0 Å². The van der Waals surface area contributed by atoms with Crippen LogP contribution in [-0.2, 0) is 19.6 Å². The molecule has 0 fully saturated rings. The number of aliphatic hydroxyl groups is 1. The lowest BCUT2D eigenvalue weighted by atomic mass is 10.1. The zero-order chi connectivity index (χ0) is 13.8. The van der Waals surface area contributed by atoms with Crippen molar-refractivity contribution in [3.63, 3.8) is 0 Å². The van der Waals surface area contributed by atoms with Gasteiger partial charge < -0.3 is 5.11 Å². The summed E-state index contributed by atoms with van der Waals surface area (Å²) >= 11 is 5.87. The summed E-state index contributed by atoms with van der Waals surface area (Å²) in [7, 11) is 0. The van der Waals surface area contributed by atoms with Gasteiger partial charge in [-0.15, -0.1) is 5.10 Å². The molecule has 4 nitrogen and oxygen atoms in total. The monoisotopic (exact) mass is 279 g/mol. The summed E-state index contributed by atoms with van der Waals surface area (Å²) in [6.45, 7) is 4.86. The number of halogens is 1. The van der Waals surface area contributed by atoms with E-state index in [0.717, 1.165) is 22.7 Å². The molecule has 2 rings (SSSR count). The Morgan fingerprint density at radius 3 is 2.53 bits per heavy atom. The maximum Gasteiger partial charge on any atom is 0.111 e. The molecule has 5 heteroatoms. The summed E-state index contributed by atoms with van der Waals surface area (Å²) in [6.07, 6.45) is 0.858. The zero-order valence-corrected chi connectivity index (χ0v) is 11.9. The normalized spacial score (nSPS) is 11.2. The zero-order valence-electron chi connectivity index (χ0n) is 11.2. The number of aromatic nitrogens is 3. The highest BCUT2D eigenvalue weighted by Gasteiger charge is 2.13.